The molecule has 0 unspecified atom stereocenters. The van der Waals surface area contributed by atoms with Gasteiger partial charge in [0, 0.05) is 12.1 Å². The Hall–Kier alpha value is -2.42. The zero-order chi connectivity index (χ0) is 13.7. The lowest BCUT2D eigenvalue weighted by Crippen LogP contribution is -2.46. The van der Waals surface area contributed by atoms with E-state index in [4.69, 9.17) is 10.2 Å². The van der Waals surface area contributed by atoms with Crippen LogP contribution < -0.4 is 16.4 Å². The molecule has 18 heavy (non-hydrogen) atoms. The SMILES string of the molecule is O=C(Cn1[nH]c(=O)ccc1=O)N[C@@H](CO)C(=O)O. The van der Waals surface area contributed by atoms with Gasteiger partial charge in [0.25, 0.3) is 11.1 Å². The molecule has 0 saturated heterocycles. The predicted octanol–water partition coefficient (Wildman–Crippen LogP) is -2.90. The van der Waals surface area contributed by atoms with Crippen molar-refractivity contribution in [1.82, 2.24) is 15.1 Å². The number of aliphatic hydroxyl groups is 1. The van der Waals surface area contributed by atoms with Crippen molar-refractivity contribution in [2.24, 2.45) is 0 Å². The maximum Gasteiger partial charge on any atom is 0.328 e. The van der Waals surface area contributed by atoms with Gasteiger partial charge in [-0.25, -0.2) is 9.48 Å². The molecule has 0 aliphatic carbocycles. The van der Waals surface area contributed by atoms with Gasteiger partial charge in [-0.05, 0) is 0 Å². The number of rotatable bonds is 5. The molecule has 0 radical (unpaired) electrons. The average Bonchev–Trinajstić information content (AvgIpc) is 2.30. The number of aliphatic carboxylic acids is 1. The van der Waals surface area contributed by atoms with E-state index in [1.54, 1.807) is 0 Å². The van der Waals surface area contributed by atoms with E-state index in [9.17, 15) is 19.2 Å². The van der Waals surface area contributed by atoms with E-state index in [1.165, 1.54) is 0 Å². The Labute approximate surface area is 99.7 Å². The Morgan fingerprint density at radius 3 is 2.61 bits per heavy atom. The Kier molecular flexibility index (Phi) is 4.38. The van der Waals surface area contributed by atoms with Crippen molar-refractivity contribution >= 4 is 11.9 Å². The number of aliphatic hydroxyl groups excluding tert-OH is 1. The highest BCUT2D eigenvalue weighted by atomic mass is 16.4. The molecule has 0 aromatic carbocycles. The molecule has 0 spiro atoms. The zero-order valence-corrected chi connectivity index (χ0v) is 9.12. The third kappa shape index (κ3) is 3.56. The molecule has 1 heterocycles. The maximum absolute atomic E-state index is 11.4. The molecule has 0 bridgehead atoms. The Balaban J connectivity index is 2.76. The van der Waals surface area contributed by atoms with E-state index in [0.29, 0.717) is 0 Å². The summed E-state index contributed by atoms with van der Waals surface area (Å²) >= 11 is 0. The maximum atomic E-state index is 11.4. The van der Waals surface area contributed by atoms with Gasteiger partial charge in [0.1, 0.15) is 12.6 Å². The molecule has 1 aromatic rings. The Morgan fingerprint density at radius 2 is 2.06 bits per heavy atom. The van der Waals surface area contributed by atoms with E-state index >= 15 is 0 Å². The van der Waals surface area contributed by atoms with Gasteiger partial charge in [-0.2, -0.15) is 0 Å². The summed E-state index contributed by atoms with van der Waals surface area (Å²) < 4.78 is 0.730. The van der Waals surface area contributed by atoms with E-state index in [-0.39, 0.29) is 0 Å². The molecule has 0 aliphatic heterocycles. The number of aromatic nitrogens is 2. The lowest BCUT2D eigenvalue weighted by Gasteiger charge is -2.11. The first-order valence-electron chi connectivity index (χ1n) is 4.87. The third-order valence-electron chi connectivity index (χ3n) is 2.01. The van der Waals surface area contributed by atoms with Gasteiger partial charge in [-0.1, -0.05) is 0 Å². The van der Waals surface area contributed by atoms with Crippen LogP contribution in [0.5, 0.6) is 0 Å². The van der Waals surface area contributed by atoms with Crippen molar-refractivity contribution in [2.45, 2.75) is 12.6 Å². The standard InChI is InChI=1S/C9H11N3O6/c13-4-5(9(17)18)10-7(15)3-12-8(16)2-1-6(14)11-12/h1-2,5,13H,3-4H2,(H,10,15)(H,11,14)(H,17,18)/t5-/m0/s1. The summed E-state index contributed by atoms with van der Waals surface area (Å²) in [6, 6.07) is 0.529. The van der Waals surface area contributed by atoms with Gasteiger partial charge in [-0.15, -0.1) is 0 Å². The predicted molar refractivity (Wildman–Crippen MR) is 58.0 cm³/mol. The van der Waals surface area contributed by atoms with Gasteiger partial charge >= 0.3 is 5.97 Å². The highest BCUT2D eigenvalue weighted by Gasteiger charge is 2.18. The third-order valence-corrected chi connectivity index (χ3v) is 2.01. The van der Waals surface area contributed by atoms with Gasteiger partial charge in [-0.3, -0.25) is 19.5 Å². The first-order chi connectivity index (χ1) is 8.43. The minimum Gasteiger partial charge on any atom is -0.480 e. The molecule has 0 aliphatic rings. The van der Waals surface area contributed by atoms with Gasteiger partial charge in [0.2, 0.25) is 5.91 Å². The van der Waals surface area contributed by atoms with Crippen LogP contribution in [0.15, 0.2) is 21.7 Å². The second-order valence-corrected chi connectivity index (χ2v) is 3.37. The summed E-state index contributed by atoms with van der Waals surface area (Å²) in [6.45, 7) is -1.32. The number of carbonyl (C=O) groups excluding carboxylic acids is 1. The van der Waals surface area contributed by atoms with Crippen molar-refractivity contribution < 1.29 is 19.8 Å². The second-order valence-electron chi connectivity index (χ2n) is 3.37. The summed E-state index contributed by atoms with van der Waals surface area (Å²) in [5, 5.41) is 21.4. The van der Waals surface area contributed by atoms with Crippen LogP contribution in [0.4, 0.5) is 0 Å². The molecule has 9 heteroatoms. The molecule has 4 N–H and O–H groups in total. The number of hydrogen-bond acceptors (Lipinski definition) is 5. The molecule has 0 saturated carbocycles. The first-order valence-corrected chi connectivity index (χ1v) is 4.87. The van der Waals surface area contributed by atoms with Crippen molar-refractivity contribution in [3.63, 3.8) is 0 Å². The van der Waals surface area contributed by atoms with Crippen LogP contribution in [0.2, 0.25) is 0 Å². The molecule has 1 amide bonds. The zero-order valence-electron chi connectivity index (χ0n) is 9.12. The van der Waals surface area contributed by atoms with E-state index in [0.717, 1.165) is 16.8 Å². The number of nitrogens with one attached hydrogen (secondary N) is 2. The molecule has 1 rings (SSSR count). The number of carboxylic acids is 1. The molecule has 98 valence electrons. The first kappa shape index (κ1) is 13.6. The summed E-state index contributed by atoms with van der Waals surface area (Å²) in [7, 11) is 0. The smallest absolute Gasteiger partial charge is 0.328 e. The minimum atomic E-state index is -1.45. The fourth-order valence-electron chi connectivity index (χ4n) is 1.15. The van der Waals surface area contributed by atoms with E-state index in [2.05, 4.69) is 5.10 Å². The van der Waals surface area contributed by atoms with Gasteiger partial charge < -0.3 is 15.5 Å². The number of H-pyrrole nitrogens is 1. The molecule has 9 nitrogen and oxygen atoms in total. The Bertz CT molecular complexity index is 560. The highest BCUT2D eigenvalue weighted by molar-refractivity contribution is 5.83. The lowest BCUT2D eigenvalue weighted by atomic mass is 10.3. The average molecular weight is 257 g/mol. The highest BCUT2D eigenvalue weighted by Crippen LogP contribution is 1.84. The van der Waals surface area contributed by atoms with Gasteiger partial charge in [0.05, 0.1) is 6.61 Å². The van der Waals surface area contributed by atoms with Crippen LogP contribution in [0, 0.1) is 0 Å². The fourth-order valence-corrected chi connectivity index (χ4v) is 1.15. The van der Waals surface area contributed by atoms with Crippen molar-refractivity contribution in [3.05, 3.63) is 32.8 Å². The summed E-state index contributed by atoms with van der Waals surface area (Å²) in [4.78, 5) is 44.1. The van der Waals surface area contributed by atoms with Crippen LogP contribution in [-0.4, -0.2) is 44.5 Å². The quantitative estimate of drug-likeness (QED) is 0.445. The number of nitrogens with zero attached hydrogens (tertiary/aromatic N) is 1. The van der Waals surface area contributed by atoms with Crippen molar-refractivity contribution in [1.29, 1.82) is 0 Å². The summed E-state index contributed by atoms with van der Waals surface area (Å²) in [5.74, 6) is -2.22. The second kappa shape index (κ2) is 5.77. The number of carbonyl (C=O) groups is 2. The van der Waals surface area contributed by atoms with Crippen molar-refractivity contribution in [3.8, 4) is 0 Å². The minimum absolute atomic E-state index is 0.543. The monoisotopic (exact) mass is 257 g/mol. The molecule has 1 aromatic heterocycles. The molecule has 0 fully saturated rings. The number of hydrogen-bond donors (Lipinski definition) is 4. The lowest BCUT2D eigenvalue weighted by molar-refractivity contribution is -0.143. The van der Waals surface area contributed by atoms with Crippen LogP contribution in [-0.2, 0) is 16.1 Å². The summed E-state index contributed by atoms with van der Waals surface area (Å²) in [6.07, 6.45) is 0. The van der Waals surface area contributed by atoms with Gasteiger partial charge in [0.15, 0.2) is 0 Å². The summed E-state index contributed by atoms with van der Waals surface area (Å²) in [5.41, 5.74) is -1.18. The molecule has 1 atom stereocenters. The molecular weight excluding hydrogens is 246 g/mol. The normalized spacial score (nSPS) is 11.8. The number of carboxylic acid groups (broad SMARTS) is 1. The topological polar surface area (TPSA) is 141 Å². The van der Waals surface area contributed by atoms with Crippen LogP contribution >= 0.6 is 0 Å². The van der Waals surface area contributed by atoms with Crippen LogP contribution in [0.1, 0.15) is 0 Å². The van der Waals surface area contributed by atoms with Crippen LogP contribution in [0.3, 0.4) is 0 Å². The molecular formula is C9H11N3O6. The fraction of sp³-hybridized carbons (Fsp3) is 0.333. The largest absolute Gasteiger partial charge is 0.480 e. The number of amides is 1. The Morgan fingerprint density at radius 1 is 1.39 bits per heavy atom. The number of aromatic amines is 1. The van der Waals surface area contributed by atoms with Crippen molar-refractivity contribution in [2.75, 3.05) is 6.61 Å². The van der Waals surface area contributed by atoms with Crippen LogP contribution in [0.25, 0.3) is 0 Å². The van der Waals surface area contributed by atoms with E-state index in [1.807, 2.05) is 5.32 Å². The van der Waals surface area contributed by atoms with E-state index < -0.39 is 42.2 Å².